The summed E-state index contributed by atoms with van der Waals surface area (Å²) in [4.78, 5) is 10.2. The van der Waals surface area contributed by atoms with E-state index in [0.717, 1.165) is 34.3 Å². The van der Waals surface area contributed by atoms with Crippen LogP contribution < -0.4 is 19.7 Å². The summed E-state index contributed by atoms with van der Waals surface area (Å²) in [5.74, 6) is 1.47. The number of H-pyrrole nitrogens is 1. The third kappa shape index (κ3) is 3.51. The summed E-state index contributed by atoms with van der Waals surface area (Å²) in [5.41, 5.74) is 5.23. The van der Waals surface area contributed by atoms with Gasteiger partial charge in [-0.15, -0.1) is 0 Å². The second-order valence-corrected chi connectivity index (χ2v) is 8.60. The lowest BCUT2D eigenvalue weighted by molar-refractivity contribution is 0.403. The molecule has 0 spiro atoms. The topological polar surface area (TPSA) is 62.4 Å². The Bertz CT molecular complexity index is 1090. The van der Waals surface area contributed by atoms with Crippen LogP contribution in [0.5, 0.6) is 11.5 Å². The summed E-state index contributed by atoms with van der Waals surface area (Å²) in [6, 6.07) is 11.5. The molecule has 2 atom stereocenters. The van der Waals surface area contributed by atoms with Gasteiger partial charge in [0.2, 0.25) is 0 Å². The molecule has 6 nitrogen and oxygen atoms in total. The fraction of sp³-hybridized carbons (Fsp3) is 0.273. The highest BCUT2D eigenvalue weighted by molar-refractivity contribution is 14.1. The number of nitrogens with zero attached hydrogens (tertiary/aromatic N) is 2. The molecule has 0 radical (unpaired) electrons. The van der Waals surface area contributed by atoms with E-state index in [9.17, 15) is 0 Å². The van der Waals surface area contributed by atoms with E-state index >= 15 is 0 Å². The van der Waals surface area contributed by atoms with Crippen LogP contribution in [0.1, 0.15) is 34.7 Å². The first-order valence-electron chi connectivity index (χ1n) is 9.53. The standard InChI is InChI=1S/C22H23IN4O2S/c1-12-18(19(23)13(2)25-12)21-20(15-7-5-6-10-24-15)26-22(30)27(21)16-11-14(28-3)8-9-17(16)29-4/h5-11,20-21,25H,1-4H3,(H,26,30)/t20-,21-/m0/s1. The molecule has 2 N–H and O–H groups in total. The Balaban J connectivity index is 1.94. The van der Waals surface area contributed by atoms with Crippen molar-refractivity contribution in [3.05, 3.63) is 68.8 Å². The molecule has 0 aliphatic carbocycles. The molecule has 1 aromatic carbocycles. The third-order valence-electron chi connectivity index (χ3n) is 5.38. The van der Waals surface area contributed by atoms with Crippen molar-refractivity contribution in [2.45, 2.75) is 25.9 Å². The number of benzene rings is 1. The van der Waals surface area contributed by atoms with Crippen molar-refractivity contribution in [2.24, 2.45) is 0 Å². The molecule has 3 heterocycles. The highest BCUT2D eigenvalue weighted by Gasteiger charge is 2.44. The van der Waals surface area contributed by atoms with Crippen molar-refractivity contribution in [1.82, 2.24) is 15.3 Å². The van der Waals surface area contributed by atoms with Crippen molar-refractivity contribution < 1.29 is 9.47 Å². The van der Waals surface area contributed by atoms with E-state index in [0.29, 0.717) is 5.11 Å². The van der Waals surface area contributed by atoms with Gasteiger partial charge in [0.05, 0.1) is 37.7 Å². The van der Waals surface area contributed by atoms with Crippen LogP contribution in [0.3, 0.4) is 0 Å². The molecule has 8 heteroatoms. The molecule has 156 valence electrons. The summed E-state index contributed by atoms with van der Waals surface area (Å²) in [7, 11) is 3.32. The Morgan fingerprint density at radius 1 is 1.10 bits per heavy atom. The quantitative estimate of drug-likeness (QED) is 0.362. The second-order valence-electron chi connectivity index (χ2n) is 7.14. The van der Waals surface area contributed by atoms with Gasteiger partial charge in [0.15, 0.2) is 5.11 Å². The maximum absolute atomic E-state index is 5.84. The van der Waals surface area contributed by atoms with E-state index in [1.165, 1.54) is 9.13 Å². The van der Waals surface area contributed by atoms with Gasteiger partial charge in [0, 0.05) is 32.8 Å². The Labute approximate surface area is 195 Å². The van der Waals surface area contributed by atoms with Crippen LogP contribution in [0.25, 0.3) is 0 Å². The molecule has 1 aliphatic heterocycles. The van der Waals surface area contributed by atoms with Gasteiger partial charge < -0.3 is 24.7 Å². The summed E-state index contributed by atoms with van der Waals surface area (Å²) >= 11 is 8.24. The van der Waals surface area contributed by atoms with E-state index in [4.69, 9.17) is 21.7 Å². The van der Waals surface area contributed by atoms with Gasteiger partial charge in [0.25, 0.3) is 0 Å². The van der Waals surface area contributed by atoms with E-state index < -0.39 is 0 Å². The summed E-state index contributed by atoms with van der Waals surface area (Å²) in [6.45, 7) is 4.19. The SMILES string of the molecule is COc1ccc(OC)c(N2C(=S)N[C@@H](c3ccccn3)[C@@H]2c2c(C)[nH]c(C)c2I)c1. The van der Waals surface area contributed by atoms with Gasteiger partial charge >= 0.3 is 0 Å². The molecule has 1 aliphatic rings. The maximum atomic E-state index is 5.84. The number of thiocarbonyl (C=S) groups is 1. The Kier molecular flexibility index (Phi) is 5.88. The number of halogens is 1. The molecule has 0 unspecified atom stereocenters. The van der Waals surface area contributed by atoms with Crippen molar-refractivity contribution in [3.63, 3.8) is 0 Å². The average Bonchev–Trinajstić information content (AvgIpc) is 3.22. The average molecular weight is 534 g/mol. The number of nitrogens with one attached hydrogen (secondary N) is 2. The van der Waals surface area contributed by atoms with Crippen LogP contribution in [0.2, 0.25) is 0 Å². The van der Waals surface area contributed by atoms with E-state index in [1.807, 2.05) is 42.6 Å². The third-order valence-corrected chi connectivity index (χ3v) is 7.09. The Morgan fingerprint density at radius 2 is 1.90 bits per heavy atom. The number of rotatable bonds is 5. The van der Waals surface area contributed by atoms with Gasteiger partial charge in [-0.1, -0.05) is 6.07 Å². The summed E-state index contributed by atoms with van der Waals surface area (Å²) in [5, 5.41) is 4.12. The maximum Gasteiger partial charge on any atom is 0.174 e. The summed E-state index contributed by atoms with van der Waals surface area (Å²) < 4.78 is 12.4. The molecule has 0 bridgehead atoms. The number of anilines is 1. The lowest BCUT2D eigenvalue weighted by Gasteiger charge is -2.29. The molecule has 1 fully saturated rings. The molecule has 3 aromatic rings. The van der Waals surface area contributed by atoms with Gasteiger partial charge in [-0.25, -0.2) is 0 Å². The number of aromatic amines is 1. The molecule has 1 saturated heterocycles. The first-order chi connectivity index (χ1) is 14.5. The number of pyridine rings is 1. The van der Waals surface area contributed by atoms with Gasteiger partial charge in [-0.3, -0.25) is 4.98 Å². The van der Waals surface area contributed by atoms with Crippen LogP contribution in [0.15, 0.2) is 42.6 Å². The van der Waals surface area contributed by atoms with Crippen LogP contribution in [-0.4, -0.2) is 29.3 Å². The van der Waals surface area contributed by atoms with Gasteiger partial charge in [0.1, 0.15) is 11.5 Å². The molecule has 0 saturated carbocycles. The molecule has 4 rings (SSSR count). The Hall–Kier alpha value is -2.33. The van der Waals surface area contributed by atoms with Gasteiger partial charge in [-0.2, -0.15) is 0 Å². The van der Waals surface area contributed by atoms with E-state index in [-0.39, 0.29) is 12.1 Å². The number of ether oxygens (including phenoxy) is 2. The predicted octanol–water partition coefficient (Wildman–Crippen LogP) is 4.83. The van der Waals surface area contributed by atoms with Crippen LogP contribution in [0, 0.1) is 17.4 Å². The smallest absolute Gasteiger partial charge is 0.174 e. The number of methoxy groups -OCH3 is 2. The normalized spacial score (nSPS) is 18.4. The summed E-state index contributed by atoms with van der Waals surface area (Å²) in [6.07, 6.45) is 1.81. The minimum absolute atomic E-state index is 0.106. The monoisotopic (exact) mass is 534 g/mol. The molecule has 30 heavy (non-hydrogen) atoms. The van der Waals surface area contributed by atoms with Crippen LogP contribution in [0.4, 0.5) is 5.69 Å². The number of hydrogen-bond acceptors (Lipinski definition) is 4. The van der Waals surface area contributed by atoms with Gasteiger partial charge in [-0.05, 0) is 72.9 Å². The number of aryl methyl sites for hydroxylation is 2. The predicted molar refractivity (Wildman–Crippen MR) is 130 cm³/mol. The Morgan fingerprint density at radius 3 is 2.50 bits per heavy atom. The fourth-order valence-electron chi connectivity index (χ4n) is 4.01. The first-order valence-corrected chi connectivity index (χ1v) is 11.0. The molecule has 0 amide bonds. The van der Waals surface area contributed by atoms with Crippen molar-refractivity contribution in [1.29, 1.82) is 0 Å². The van der Waals surface area contributed by atoms with Crippen molar-refractivity contribution in [3.8, 4) is 11.5 Å². The minimum atomic E-state index is -0.114. The van der Waals surface area contributed by atoms with E-state index in [1.54, 1.807) is 14.2 Å². The minimum Gasteiger partial charge on any atom is -0.497 e. The van der Waals surface area contributed by atoms with Crippen LogP contribution in [-0.2, 0) is 0 Å². The zero-order valence-corrected chi connectivity index (χ0v) is 20.2. The fourth-order valence-corrected chi connectivity index (χ4v) is 5.21. The molecular formula is C22H23IN4O2S. The van der Waals surface area contributed by atoms with E-state index in [2.05, 4.69) is 56.6 Å². The number of aromatic nitrogens is 2. The lowest BCUT2D eigenvalue weighted by atomic mass is 9.96. The lowest BCUT2D eigenvalue weighted by Crippen LogP contribution is -2.30. The highest BCUT2D eigenvalue weighted by Crippen LogP contribution is 2.47. The highest BCUT2D eigenvalue weighted by atomic mass is 127. The second kappa shape index (κ2) is 8.43. The molecular weight excluding hydrogens is 511 g/mol. The zero-order chi connectivity index (χ0) is 21.4. The van der Waals surface area contributed by atoms with Crippen molar-refractivity contribution in [2.75, 3.05) is 19.1 Å². The molecule has 2 aromatic heterocycles. The zero-order valence-electron chi connectivity index (χ0n) is 17.2. The number of hydrogen-bond donors (Lipinski definition) is 2. The van der Waals surface area contributed by atoms with Crippen molar-refractivity contribution >= 4 is 45.6 Å². The largest absolute Gasteiger partial charge is 0.497 e. The van der Waals surface area contributed by atoms with Crippen LogP contribution >= 0.6 is 34.8 Å². The first kappa shape index (κ1) is 20.9.